The van der Waals surface area contributed by atoms with Crippen LogP contribution in [0.15, 0.2) is 53.3 Å². The Labute approximate surface area is 170 Å². The van der Waals surface area contributed by atoms with Crippen LogP contribution in [0.25, 0.3) is 11.0 Å². The number of carboxylic acid groups (broad SMARTS) is 1. The maximum Gasteiger partial charge on any atom is 0.421 e. The van der Waals surface area contributed by atoms with Crippen molar-refractivity contribution in [3.05, 3.63) is 64.6 Å². The van der Waals surface area contributed by atoms with Gasteiger partial charge in [-0.05, 0) is 24.1 Å². The monoisotopic (exact) mass is 409 g/mol. The van der Waals surface area contributed by atoms with Crippen LogP contribution in [0.2, 0.25) is 0 Å². The van der Waals surface area contributed by atoms with Crippen molar-refractivity contribution in [1.82, 2.24) is 14.0 Å². The molecule has 1 unspecified atom stereocenters. The van der Waals surface area contributed by atoms with Gasteiger partial charge >= 0.3 is 11.8 Å². The van der Waals surface area contributed by atoms with E-state index in [1.807, 2.05) is 30.3 Å². The van der Waals surface area contributed by atoms with E-state index in [0.29, 0.717) is 23.4 Å². The third-order valence-electron chi connectivity index (χ3n) is 5.20. The lowest BCUT2D eigenvalue weighted by molar-refractivity contribution is -0.147. The fraction of sp³-hybridized carbons (Fsp3) is 0.238. The Kier molecular flexibility index (Phi) is 4.86. The highest BCUT2D eigenvalue weighted by atomic mass is 16.5. The van der Waals surface area contributed by atoms with Gasteiger partial charge in [0.1, 0.15) is 18.4 Å². The molecule has 9 nitrogen and oxygen atoms in total. The van der Waals surface area contributed by atoms with E-state index in [0.717, 1.165) is 5.56 Å². The molecule has 1 N–H and O–H groups in total. The number of likely N-dealkylation sites (tertiary alicyclic amines) is 1. The van der Waals surface area contributed by atoms with Crippen molar-refractivity contribution < 1.29 is 24.2 Å². The molecule has 1 aromatic heterocycles. The third kappa shape index (κ3) is 3.24. The average molecular weight is 409 g/mol. The highest BCUT2D eigenvalue weighted by Gasteiger charge is 2.40. The summed E-state index contributed by atoms with van der Waals surface area (Å²) in [6, 6.07) is 13.6. The number of benzene rings is 2. The Morgan fingerprint density at radius 1 is 1.10 bits per heavy atom. The van der Waals surface area contributed by atoms with Crippen molar-refractivity contribution in [3.8, 4) is 5.75 Å². The molecule has 9 heteroatoms. The van der Waals surface area contributed by atoms with Gasteiger partial charge in [-0.15, -0.1) is 0 Å². The number of carbonyl (C=O) groups excluding carboxylic acids is 2. The summed E-state index contributed by atoms with van der Waals surface area (Å²) in [6.07, 6.45) is -1.71. The minimum atomic E-state index is -1.64. The largest absolute Gasteiger partial charge is 0.489 e. The SMILES string of the molecule is Cn1c(=O)n(C2CCC(=O)N(C(=O)O)C2=O)c2ccc(OCc3ccccc3)cc21. The lowest BCUT2D eigenvalue weighted by Gasteiger charge is -2.27. The van der Waals surface area contributed by atoms with Gasteiger partial charge in [0, 0.05) is 19.5 Å². The van der Waals surface area contributed by atoms with Crippen LogP contribution >= 0.6 is 0 Å². The maximum atomic E-state index is 12.9. The van der Waals surface area contributed by atoms with Crippen LogP contribution in [0.1, 0.15) is 24.4 Å². The molecule has 1 aliphatic rings. The van der Waals surface area contributed by atoms with Crippen LogP contribution in [0.3, 0.4) is 0 Å². The Morgan fingerprint density at radius 2 is 1.83 bits per heavy atom. The number of piperidine rings is 1. The standard InChI is InChI=1S/C21H19N3O6/c1-22-17-11-14(30-12-13-5-3-2-4-6-13)7-8-15(17)23(20(22)27)16-9-10-18(25)24(19(16)26)21(28)29/h2-8,11,16H,9-10,12H2,1H3,(H,28,29). The van der Waals surface area contributed by atoms with E-state index in [4.69, 9.17) is 4.74 Å². The van der Waals surface area contributed by atoms with E-state index in [2.05, 4.69) is 0 Å². The zero-order chi connectivity index (χ0) is 21.4. The van der Waals surface area contributed by atoms with Crippen LogP contribution < -0.4 is 10.4 Å². The highest BCUT2D eigenvalue weighted by molar-refractivity contribution is 6.11. The molecule has 0 aliphatic carbocycles. The molecule has 3 aromatic rings. The molecule has 4 rings (SSSR count). The van der Waals surface area contributed by atoms with Crippen LogP contribution in [-0.2, 0) is 23.2 Å². The normalized spacial score (nSPS) is 16.8. The van der Waals surface area contributed by atoms with Gasteiger partial charge in [-0.1, -0.05) is 30.3 Å². The topological polar surface area (TPSA) is 111 Å². The van der Waals surface area contributed by atoms with Crippen LogP contribution in [0, 0.1) is 0 Å². The zero-order valence-electron chi connectivity index (χ0n) is 16.1. The number of aromatic nitrogens is 2. The predicted molar refractivity (Wildman–Crippen MR) is 106 cm³/mol. The van der Waals surface area contributed by atoms with Crippen LogP contribution in [0.5, 0.6) is 5.75 Å². The van der Waals surface area contributed by atoms with E-state index in [1.54, 1.807) is 25.2 Å². The van der Waals surface area contributed by atoms with Gasteiger partial charge in [-0.25, -0.2) is 9.59 Å². The Balaban J connectivity index is 1.69. The molecular weight excluding hydrogens is 390 g/mol. The first-order valence-electron chi connectivity index (χ1n) is 9.36. The molecular formula is C21H19N3O6. The summed E-state index contributed by atoms with van der Waals surface area (Å²) in [5.41, 5.74) is 1.53. The lowest BCUT2D eigenvalue weighted by atomic mass is 10.0. The lowest BCUT2D eigenvalue weighted by Crippen LogP contribution is -2.49. The predicted octanol–water partition coefficient (Wildman–Crippen LogP) is 2.29. The van der Waals surface area contributed by atoms with Gasteiger partial charge in [0.2, 0.25) is 5.91 Å². The van der Waals surface area contributed by atoms with Gasteiger partial charge in [0.05, 0.1) is 11.0 Å². The maximum absolute atomic E-state index is 12.9. The number of nitrogens with zero attached hydrogens (tertiary/aromatic N) is 3. The molecule has 0 bridgehead atoms. The third-order valence-corrected chi connectivity index (χ3v) is 5.20. The number of carbonyl (C=O) groups is 3. The second-order valence-corrected chi connectivity index (χ2v) is 7.04. The number of hydrogen-bond donors (Lipinski definition) is 1. The molecule has 30 heavy (non-hydrogen) atoms. The van der Waals surface area contributed by atoms with Gasteiger partial charge < -0.3 is 9.84 Å². The van der Waals surface area contributed by atoms with Crippen LogP contribution in [-0.4, -0.2) is 37.0 Å². The fourth-order valence-electron chi connectivity index (χ4n) is 3.68. The molecule has 1 saturated heterocycles. The number of rotatable bonds is 4. The summed E-state index contributed by atoms with van der Waals surface area (Å²) < 4.78 is 8.44. The van der Waals surface area contributed by atoms with Crippen molar-refractivity contribution in [1.29, 1.82) is 0 Å². The molecule has 2 heterocycles. The summed E-state index contributed by atoms with van der Waals surface area (Å²) in [7, 11) is 1.57. The summed E-state index contributed by atoms with van der Waals surface area (Å²) in [6.45, 7) is 0.359. The second kappa shape index (κ2) is 7.51. The van der Waals surface area contributed by atoms with E-state index in [9.17, 15) is 24.3 Å². The molecule has 0 radical (unpaired) electrons. The molecule has 154 valence electrons. The Bertz CT molecular complexity index is 1210. The average Bonchev–Trinajstić information content (AvgIpc) is 2.97. The van der Waals surface area contributed by atoms with E-state index < -0.39 is 29.6 Å². The minimum Gasteiger partial charge on any atom is -0.489 e. The number of imide groups is 3. The van der Waals surface area contributed by atoms with E-state index in [-0.39, 0.29) is 17.7 Å². The first kappa shape index (κ1) is 19.4. The Morgan fingerprint density at radius 3 is 2.53 bits per heavy atom. The van der Waals surface area contributed by atoms with Gasteiger partial charge in [0.15, 0.2) is 0 Å². The molecule has 2 aromatic carbocycles. The van der Waals surface area contributed by atoms with Gasteiger partial charge in [-0.3, -0.25) is 18.7 Å². The molecule has 1 atom stereocenters. The summed E-state index contributed by atoms with van der Waals surface area (Å²) in [5.74, 6) is -1.15. The molecule has 3 amide bonds. The second-order valence-electron chi connectivity index (χ2n) is 7.04. The quantitative estimate of drug-likeness (QED) is 0.662. The fourth-order valence-corrected chi connectivity index (χ4v) is 3.68. The van der Waals surface area contributed by atoms with Gasteiger partial charge in [-0.2, -0.15) is 4.90 Å². The molecule has 0 spiro atoms. The Hall–Kier alpha value is -3.88. The van der Waals surface area contributed by atoms with Crippen molar-refractivity contribution in [2.45, 2.75) is 25.5 Å². The molecule has 0 saturated carbocycles. The number of hydrogen-bond acceptors (Lipinski definition) is 5. The number of amides is 3. The number of imidazole rings is 1. The van der Waals surface area contributed by atoms with Crippen molar-refractivity contribution >= 4 is 28.9 Å². The van der Waals surface area contributed by atoms with E-state index in [1.165, 1.54) is 9.13 Å². The first-order chi connectivity index (χ1) is 14.4. The molecule has 1 aliphatic heterocycles. The van der Waals surface area contributed by atoms with E-state index >= 15 is 0 Å². The number of fused-ring (bicyclic) bond motifs is 1. The summed E-state index contributed by atoms with van der Waals surface area (Å²) >= 11 is 0. The molecule has 1 fully saturated rings. The zero-order valence-corrected chi connectivity index (χ0v) is 16.1. The summed E-state index contributed by atoms with van der Waals surface area (Å²) in [5, 5.41) is 9.20. The first-order valence-corrected chi connectivity index (χ1v) is 9.36. The van der Waals surface area contributed by atoms with Crippen molar-refractivity contribution in [2.24, 2.45) is 7.05 Å². The van der Waals surface area contributed by atoms with Crippen molar-refractivity contribution in [2.75, 3.05) is 0 Å². The highest BCUT2D eigenvalue weighted by Crippen LogP contribution is 2.28. The minimum absolute atomic E-state index is 0.0622. The number of ether oxygens (including phenoxy) is 1. The smallest absolute Gasteiger partial charge is 0.421 e. The van der Waals surface area contributed by atoms with Crippen LogP contribution in [0.4, 0.5) is 4.79 Å². The number of aryl methyl sites for hydroxylation is 1. The summed E-state index contributed by atoms with van der Waals surface area (Å²) in [4.78, 5) is 48.8. The van der Waals surface area contributed by atoms with Gasteiger partial charge in [0.25, 0.3) is 5.91 Å². The van der Waals surface area contributed by atoms with Crippen molar-refractivity contribution in [3.63, 3.8) is 0 Å².